The second-order valence-electron chi connectivity index (χ2n) is 4.24. The lowest BCUT2D eigenvalue weighted by Crippen LogP contribution is -1.91. The third kappa shape index (κ3) is 4.06. The van der Waals surface area contributed by atoms with Crippen molar-refractivity contribution < 1.29 is 0 Å². The van der Waals surface area contributed by atoms with E-state index in [1.165, 1.54) is 10.5 Å². The Morgan fingerprint density at radius 1 is 1.33 bits per heavy atom. The summed E-state index contributed by atoms with van der Waals surface area (Å²) in [7, 11) is 1.74. The molecule has 2 rings (SSSR count). The summed E-state index contributed by atoms with van der Waals surface area (Å²) in [6.45, 7) is 3.59. The molecule has 0 saturated heterocycles. The van der Waals surface area contributed by atoms with Gasteiger partial charge in [0.15, 0.2) is 0 Å². The molecule has 108 valence electrons. The minimum Gasteiger partial charge on any atom is -0.404 e. The van der Waals surface area contributed by atoms with Crippen molar-refractivity contribution in [1.82, 2.24) is 0 Å². The van der Waals surface area contributed by atoms with Crippen LogP contribution in [-0.2, 0) is 5.75 Å². The maximum atomic E-state index is 5.61. The highest BCUT2D eigenvalue weighted by Gasteiger charge is 2.04. The van der Waals surface area contributed by atoms with Crippen LogP contribution in [-0.4, -0.2) is 20.0 Å². The van der Waals surface area contributed by atoms with Gasteiger partial charge in [-0.15, -0.1) is 23.1 Å². The van der Waals surface area contributed by atoms with Crippen LogP contribution in [0.5, 0.6) is 0 Å². The number of rotatable bonds is 6. The van der Waals surface area contributed by atoms with E-state index >= 15 is 0 Å². The summed E-state index contributed by atoms with van der Waals surface area (Å²) in [5.74, 6) is 0.906. The Kier molecular flexibility index (Phi) is 5.78. The second-order valence-corrected chi connectivity index (χ2v) is 6.15. The minimum atomic E-state index is 0.906. The van der Waals surface area contributed by atoms with Crippen LogP contribution < -0.4 is 5.73 Å². The molecule has 0 aliphatic carbocycles. The van der Waals surface area contributed by atoms with Crippen LogP contribution in [0.25, 0.3) is 5.57 Å². The Bertz CT molecular complexity index is 654. The molecular formula is C16H17N3S2. The Morgan fingerprint density at radius 2 is 2.10 bits per heavy atom. The molecule has 0 radical (unpaired) electrons. The molecule has 1 aromatic heterocycles. The van der Waals surface area contributed by atoms with Crippen molar-refractivity contribution in [2.45, 2.75) is 10.6 Å². The van der Waals surface area contributed by atoms with Crippen LogP contribution in [0.15, 0.2) is 56.8 Å². The summed E-state index contributed by atoms with van der Waals surface area (Å²) in [6.07, 6.45) is 3.33. The molecule has 1 heterocycles. The molecule has 0 aliphatic rings. The molecule has 2 aromatic rings. The zero-order chi connectivity index (χ0) is 15.1. The van der Waals surface area contributed by atoms with Crippen molar-refractivity contribution >= 4 is 46.6 Å². The number of nitrogens with two attached hydrogens (primary N) is 1. The summed E-state index contributed by atoms with van der Waals surface area (Å²) < 4.78 is 0. The number of nitrogens with zero attached hydrogens (tertiary/aromatic N) is 2. The van der Waals surface area contributed by atoms with Crippen molar-refractivity contribution in [2.75, 3.05) is 7.05 Å². The Hall–Kier alpha value is -1.85. The van der Waals surface area contributed by atoms with E-state index in [2.05, 4.69) is 47.0 Å². The smallest absolute Gasteiger partial charge is 0.128 e. The van der Waals surface area contributed by atoms with Crippen molar-refractivity contribution in [3.63, 3.8) is 0 Å². The van der Waals surface area contributed by atoms with E-state index in [-0.39, 0.29) is 0 Å². The minimum absolute atomic E-state index is 0.906. The lowest BCUT2D eigenvalue weighted by Gasteiger charge is -2.04. The third-order valence-corrected chi connectivity index (χ3v) is 4.97. The van der Waals surface area contributed by atoms with Gasteiger partial charge in [-0.1, -0.05) is 24.3 Å². The molecule has 0 bridgehead atoms. The van der Waals surface area contributed by atoms with Crippen molar-refractivity contribution in [2.24, 2.45) is 15.7 Å². The van der Waals surface area contributed by atoms with Gasteiger partial charge in [0, 0.05) is 35.7 Å². The fraction of sp³-hybridized carbons (Fsp3) is 0.125. The summed E-state index contributed by atoms with van der Waals surface area (Å²) in [6, 6.07) is 10.4. The fourth-order valence-corrected chi connectivity index (χ4v) is 3.69. The van der Waals surface area contributed by atoms with Crippen molar-refractivity contribution in [3.05, 3.63) is 53.0 Å². The zero-order valence-corrected chi connectivity index (χ0v) is 13.5. The van der Waals surface area contributed by atoms with E-state index in [1.807, 2.05) is 5.38 Å². The number of aliphatic imine (C=N–C) groups is 2. The second kappa shape index (κ2) is 7.81. The maximum Gasteiger partial charge on any atom is 0.128 e. The number of thioether (sulfide) groups is 1. The average Bonchev–Trinajstić information content (AvgIpc) is 2.99. The lowest BCUT2D eigenvalue weighted by atomic mass is 10.1. The molecule has 0 unspecified atom stereocenters. The fourth-order valence-electron chi connectivity index (χ4n) is 1.82. The van der Waals surface area contributed by atoms with Gasteiger partial charge in [0.25, 0.3) is 0 Å². The molecular weight excluding hydrogens is 298 g/mol. The molecule has 3 nitrogen and oxygen atoms in total. The van der Waals surface area contributed by atoms with Gasteiger partial charge in [-0.25, -0.2) is 0 Å². The highest BCUT2D eigenvalue weighted by molar-refractivity contribution is 7.98. The monoisotopic (exact) mass is 315 g/mol. The van der Waals surface area contributed by atoms with Gasteiger partial charge in [-0.2, -0.15) is 0 Å². The van der Waals surface area contributed by atoms with Gasteiger partial charge in [0.05, 0.1) is 0 Å². The van der Waals surface area contributed by atoms with Crippen LogP contribution in [0.4, 0.5) is 5.00 Å². The van der Waals surface area contributed by atoms with Gasteiger partial charge in [0.2, 0.25) is 0 Å². The Labute approximate surface area is 133 Å². The normalized spacial score (nSPS) is 12.0. The van der Waals surface area contributed by atoms with Crippen LogP contribution in [0.1, 0.15) is 11.1 Å². The number of benzene rings is 1. The summed E-state index contributed by atoms with van der Waals surface area (Å²) >= 11 is 3.39. The number of hydrogen-bond acceptors (Lipinski definition) is 5. The molecule has 0 amide bonds. The molecule has 0 spiro atoms. The number of allylic oxidation sites excluding steroid dienone is 1. The topological polar surface area (TPSA) is 50.7 Å². The first kappa shape index (κ1) is 15.5. The predicted octanol–water partition coefficient (Wildman–Crippen LogP) is 4.37. The molecule has 2 N–H and O–H groups in total. The predicted molar refractivity (Wildman–Crippen MR) is 96.1 cm³/mol. The molecule has 0 fully saturated rings. The molecule has 0 atom stereocenters. The lowest BCUT2D eigenvalue weighted by molar-refractivity contribution is 1.38. The van der Waals surface area contributed by atoms with E-state index in [0.717, 1.165) is 21.9 Å². The Morgan fingerprint density at radius 3 is 2.71 bits per heavy atom. The van der Waals surface area contributed by atoms with Crippen LogP contribution >= 0.6 is 23.1 Å². The van der Waals surface area contributed by atoms with E-state index in [9.17, 15) is 0 Å². The molecule has 21 heavy (non-hydrogen) atoms. The largest absolute Gasteiger partial charge is 0.404 e. The highest BCUT2D eigenvalue weighted by Crippen LogP contribution is 2.36. The first-order valence-corrected chi connectivity index (χ1v) is 8.25. The van der Waals surface area contributed by atoms with E-state index < -0.39 is 0 Å². The zero-order valence-electron chi connectivity index (χ0n) is 11.8. The van der Waals surface area contributed by atoms with Gasteiger partial charge in [0.1, 0.15) is 5.00 Å². The summed E-state index contributed by atoms with van der Waals surface area (Å²) in [5, 5.41) is 3.03. The average molecular weight is 315 g/mol. The van der Waals surface area contributed by atoms with Crippen molar-refractivity contribution in [1.29, 1.82) is 0 Å². The number of hydrogen-bond donors (Lipinski definition) is 1. The third-order valence-electron chi connectivity index (χ3n) is 2.88. The maximum absolute atomic E-state index is 5.61. The standard InChI is InChI=1S/C16H17N3S2/c1-18-10-14(9-17)13-5-3-12(4-6-13)11-21-15-7-8-20-16(15)19-2/h3-10H,2,11,17H2,1H3/b14-9+,18-10?. The van der Waals surface area contributed by atoms with Crippen LogP contribution in [0, 0.1) is 0 Å². The first-order valence-electron chi connectivity index (χ1n) is 6.39. The van der Waals surface area contributed by atoms with Gasteiger partial charge < -0.3 is 5.73 Å². The van der Waals surface area contributed by atoms with Crippen molar-refractivity contribution in [3.8, 4) is 0 Å². The van der Waals surface area contributed by atoms with E-state index in [1.54, 1.807) is 42.6 Å². The van der Waals surface area contributed by atoms with Gasteiger partial charge >= 0.3 is 0 Å². The van der Waals surface area contributed by atoms with Gasteiger partial charge in [-0.05, 0) is 29.3 Å². The molecule has 0 saturated carbocycles. The summed E-state index contributed by atoms with van der Waals surface area (Å²) in [4.78, 5) is 9.21. The number of thiophene rings is 1. The van der Waals surface area contributed by atoms with E-state index in [4.69, 9.17) is 5.73 Å². The quantitative estimate of drug-likeness (QED) is 0.635. The molecule has 5 heteroatoms. The van der Waals surface area contributed by atoms with Crippen LogP contribution in [0.3, 0.4) is 0 Å². The highest BCUT2D eigenvalue weighted by atomic mass is 32.2. The van der Waals surface area contributed by atoms with E-state index in [0.29, 0.717) is 0 Å². The Balaban J connectivity index is 2.04. The molecule has 1 aromatic carbocycles. The van der Waals surface area contributed by atoms with Gasteiger partial charge in [-0.3, -0.25) is 9.98 Å². The van der Waals surface area contributed by atoms with Crippen LogP contribution in [0.2, 0.25) is 0 Å². The summed E-state index contributed by atoms with van der Waals surface area (Å²) in [5.41, 5.74) is 8.86. The first-order chi connectivity index (χ1) is 10.3. The molecule has 0 aliphatic heterocycles. The SMILES string of the molecule is C=Nc1sccc1SCc1ccc(/C(C=NC)=C/N)cc1.